The fourth-order valence-electron chi connectivity index (χ4n) is 3.48. The lowest BCUT2D eigenvalue weighted by molar-refractivity contribution is -0.126. The second-order valence-corrected chi connectivity index (χ2v) is 7.72. The van der Waals surface area contributed by atoms with Crippen molar-refractivity contribution in [1.82, 2.24) is 15.4 Å². The predicted octanol–water partition coefficient (Wildman–Crippen LogP) is 3.03. The monoisotopic (exact) mass is 367 g/mol. The van der Waals surface area contributed by atoms with E-state index in [0.717, 1.165) is 30.5 Å². The van der Waals surface area contributed by atoms with Crippen molar-refractivity contribution in [2.75, 3.05) is 19.6 Å². The zero-order valence-corrected chi connectivity index (χ0v) is 15.6. The van der Waals surface area contributed by atoms with Crippen LogP contribution in [-0.4, -0.2) is 41.5 Å². The Hall–Kier alpha value is -2.63. The van der Waals surface area contributed by atoms with Gasteiger partial charge in [-0.1, -0.05) is 35.0 Å². The van der Waals surface area contributed by atoms with Gasteiger partial charge in [-0.2, -0.15) is 0 Å². The molecule has 0 bridgehead atoms. The molecule has 6 heteroatoms. The highest BCUT2D eigenvalue weighted by Crippen LogP contribution is 2.28. The average molecular weight is 367 g/mol. The lowest BCUT2D eigenvalue weighted by atomic mass is 9.96. The zero-order chi connectivity index (χ0) is 18.8. The van der Waals surface area contributed by atoms with Crippen LogP contribution in [0.2, 0.25) is 0 Å². The third kappa shape index (κ3) is 4.21. The van der Waals surface area contributed by atoms with Gasteiger partial charge in [0.25, 0.3) is 5.91 Å². The minimum atomic E-state index is -0.170. The number of carbonyl (C=O) groups excluding carboxylic acids is 2. The predicted molar refractivity (Wildman–Crippen MR) is 101 cm³/mol. The molecule has 0 radical (unpaired) electrons. The van der Waals surface area contributed by atoms with E-state index in [1.54, 1.807) is 11.0 Å². The van der Waals surface area contributed by atoms with Crippen molar-refractivity contribution in [3.8, 4) is 11.3 Å². The van der Waals surface area contributed by atoms with Gasteiger partial charge in [-0.05, 0) is 38.5 Å². The molecule has 2 amide bonds. The molecule has 2 aromatic rings. The van der Waals surface area contributed by atoms with Crippen LogP contribution in [-0.2, 0) is 4.79 Å². The molecule has 1 saturated carbocycles. The summed E-state index contributed by atoms with van der Waals surface area (Å²) in [5.41, 5.74) is 2.35. The van der Waals surface area contributed by atoms with Crippen molar-refractivity contribution in [3.63, 3.8) is 0 Å². The van der Waals surface area contributed by atoms with Crippen molar-refractivity contribution in [1.29, 1.82) is 0 Å². The molecule has 2 aliphatic rings. The molecule has 1 saturated heterocycles. The standard InChI is InChI=1S/C21H25N3O3/c1-14-4-8-16(9-5-14)19-11-18(23-27-19)21(26)24-10-2-3-17(13-24)20(25)22-12-15-6-7-15/h4-5,8-9,11,15,17H,2-3,6-7,10,12-13H2,1H3,(H,22,25)/t17-/m1/s1. The van der Waals surface area contributed by atoms with E-state index in [2.05, 4.69) is 10.5 Å². The number of rotatable bonds is 5. The van der Waals surface area contributed by atoms with Gasteiger partial charge in [-0.3, -0.25) is 9.59 Å². The summed E-state index contributed by atoms with van der Waals surface area (Å²) in [6, 6.07) is 9.57. The number of nitrogens with zero attached hydrogens (tertiary/aromatic N) is 2. The highest BCUT2D eigenvalue weighted by Gasteiger charge is 2.31. The van der Waals surface area contributed by atoms with Crippen LogP contribution in [0.5, 0.6) is 0 Å². The molecule has 0 spiro atoms. The van der Waals surface area contributed by atoms with Crippen LogP contribution in [0.4, 0.5) is 0 Å². The Kier molecular flexibility index (Phi) is 4.97. The number of hydrogen-bond donors (Lipinski definition) is 1. The summed E-state index contributed by atoms with van der Waals surface area (Å²) in [6.45, 7) is 3.89. The molecule has 1 N–H and O–H groups in total. The van der Waals surface area contributed by atoms with Crippen LogP contribution in [0.3, 0.4) is 0 Å². The highest BCUT2D eigenvalue weighted by molar-refractivity contribution is 5.93. The van der Waals surface area contributed by atoms with Gasteiger partial charge in [0.05, 0.1) is 5.92 Å². The summed E-state index contributed by atoms with van der Waals surface area (Å²) in [7, 11) is 0. The average Bonchev–Trinajstić information content (AvgIpc) is 3.40. The number of piperidine rings is 1. The Balaban J connectivity index is 1.39. The van der Waals surface area contributed by atoms with Gasteiger partial charge >= 0.3 is 0 Å². The number of carbonyl (C=O) groups is 2. The summed E-state index contributed by atoms with van der Waals surface area (Å²) in [6.07, 6.45) is 4.08. The molecule has 1 atom stereocenters. The summed E-state index contributed by atoms with van der Waals surface area (Å²) in [5.74, 6) is 1.00. The molecule has 1 aliphatic carbocycles. The van der Waals surface area contributed by atoms with Gasteiger partial charge in [0.1, 0.15) is 0 Å². The minimum absolute atomic E-state index is 0.0693. The van der Waals surface area contributed by atoms with Crippen LogP contribution >= 0.6 is 0 Å². The largest absolute Gasteiger partial charge is 0.356 e. The van der Waals surface area contributed by atoms with Gasteiger partial charge in [-0.15, -0.1) is 0 Å². The molecule has 4 rings (SSSR count). The fourth-order valence-corrected chi connectivity index (χ4v) is 3.48. The van der Waals surface area contributed by atoms with E-state index in [9.17, 15) is 9.59 Å². The number of amides is 2. The number of aromatic nitrogens is 1. The maximum Gasteiger partial charge on any atom is 0.276 e. The molecule has 1 aliphatic heterocycles. The normalized spacial score (nSPS) is 19.7. The highest BCUT2D eigenvalue weighted by atomic mass is 16.5. The van der Waals surface area contributed by atoms with Crippen molar-refractivity contribution >= 4 is 11.8 Å². The van der Waals surface area contributed by atoms with E-state index in [1.165, 1.54) is 12.8 Å². The first-order valence-electron chi connectivity index (χ1n) is 9.71. The number of likely N-dealkylation sites (tertiary alicyclic amines) is 1. The first kappa shape index (κ1) is 17.8. The van der Waals surface area contributed by atoms with Crippen LogP contribution in [0, 0.1) is 18.8 Å². The number of aryl methyl sites for hydroxylation is 1. The van der Waals surface area contributed by atoms with Crippen molar-refractivity contribution in [2.24, 2.45) is 11.8 Å². The molecule has 0 unspecified atom stereocenters. The minimum Gasteiger partial charge on any atom is -0.356 e. The topological polar surface area (TPSA) is 75.4 Å². The molecular formula is C21H25N3O3. The fraction of sp³-hybridized carbons (Fsp3) is 0.476. The van der Waals surface area contributed by atoms with Crippen LogP contribution in [0.25, 0.3) is 11.3 Å². The second kappa shape index (κ2) is 7.55. The Morgan fingerprint density at radius 2 is 2.00 bits per heavy atom. The molecule has 1 aromatic heterocycles. The Morgan fingerprint density at radius 3 is 2.74 bits per heavy atom. The maximum absolute atomic E-state index is 12.8. The maximum atomic E-state index is 12.8. The van der Waals surface area contributed by atoms with Crippen LogP contribution < -0.4 is 5.32 Å². The van der Waals surface area contributed by atoms with Gasteiger partial charge in [-0.25, -0.2) is 0 Å². The van der Waals surface area contributed by atoms with E-state index in [4.69, 9.17) is 4.52 Å². The smallest absolute Gasteiger partial charge is 0.276 e. The van der Waals surface area contributed by atoms with E-state index >= 15 is 0 Å². The molecule has 27 heavy (non-hydrogen) atoms. The third-order valence-corrected chi connectivity index (χ3v) is 5.41. The van der Waals surface area contributed by atoms with E-state index in [0.29, 0.717) is 30.5 Å². The summed E-state index contributed by atoms with van der Waals surface area (Å²) in [4.78, 5) is 26.9. The molecule has 2 heterocycles. The van der Waals surface area contributed by atoms with Crippen molar-refractivity contribution < 1.29 is 14.1 Å². The SMILES string of the molecule is Cc1ccc(-c2cc(C(=O)N3CCC[C@@H](C(=O)NCC4CC4)C3)no2)cc1. The third-order valence-electron chi connectivity index (χ3n) is 5.41. The molecule has 6 nitrogen and oxygen atoms in total. The van der Waals surface area contributed by atoms with Gasteiger partial charge in [0.2, 0.25) is 5.91 Å². The second-order valence-electron chi connectivity index (χ2n) is 7.72. The lowest BCUT2D eigenvalue weighted by Crippen LogP contribution is -2.45. The van der Waals surface area contributed by atoms with Gasteiger partial charge in [0, 0.05) is 31.3 Å². The summed E-state index contributed by atoms with van der Waals surface area (Å²) < 4.78 is 5.37. The number of nitrogens with one attached hydrogen (secondary N) is 1. The van der Waals surface area contributed by atoms with Gasteiger partial charge in [0.15, 0.2) is 11.5 Å². The Morgan fingerprint density at radius 1 is 1.22 bits per heavy atom. The lowest BCUT2D eigenvalue weighted by Gasteiger charge is -2.31. The van der Waals surface area contributed by atoms with Crippen molar-refractivity contribution in [2.45, 2.75) is 32.6 Å². The first-order valence-corrected chi connectivity index (χ1v) is 9.71. The molecule has 2 fully saturated rings. The zero-order valence-electron chi connectivity index (χ0n) is 15.6. The molecular weight excluding hydrogens is 342 g/mol. The molecule has 1 aromatic carbocycles. The number of benzene rings is 1. The Labute approximate surface area is 158 Å². The Bertz CT molecular complexity index is 823. The first-order chi connectivity index (χ1) is 13.1. The van der Waals surface area contributed by atoms with Crippen LogP contribution in [0.15, 0.2) is 34.9 Å². The quantitative estimate of drug-likeness (QED) is 0.881. The van der Waals surface area contributed by atoms with Crippen molar-refractivity contribution in [3.05, 3.63) is 41.6 Å². The number of hydrogen-bond acceptors (Lipinski definition) is 4. The van der Waals surface area contributed by atoms with Gasteiger partial charge < -0.3 is 14.7 Å². The summed E-state index contributed by atoms with van der Waals surface area (Å²) >= 11 is 0. The van der Waals surface area contributed by atoms with Crippen LogP contribution in [0.1, 0.15) is 41.7 Å². The van der Waals surface area contributed by atoms with E-state index in [1.807, 2.05) is 31.2 Å². The van der Waals surface area contributed by atoms with E-state index in [-0.39, 0.29) is 17.7 Å². The summed E-state index contributed by atoms with van der Waals surface area (Å²) in [5, 5.41) is 6.99. The molecule has 142 valence electrons. The van der Waals surface area contributed by atoms with E-state index < -0.39 is 0 Å².